The smallest absolute Gasteiger partial charge is 0.122 e. The van der Waals surface area contributed by atoms with Crippen LogP contribution in [0.3, 0.4) is 0 Å². The summed E-state index contributed by atoms with van der Waals surface area (Å²) in [4.78, 5) is 2.38. The Balaban J connectivity index is 2.36. The summed E-state index contributed by atoms with van der Waals surface area (Å²) in [5.74, 6) is 0.979. The number of ether oxygens (including phenoxy) is 1. The Labute approximate surface area is 125 Å². The molecule has 0 amide bonds. The van der Waals surface area contributed by atoms with Gasteiger partial charge in [-0.05, 0) is 70.2 Å². The maximum absolute atomic E-state index is 5.40. The van der Waals surface area contributed by atoms with Crippen molar-refractivity contribution in [3.63, 3.8) is 0 Å². The van der Waals surface area contributed by atoms with Crippen molar-refractivity contribution < 1.29 is 4.74 Å². The van der Waals surface area contributed by atoms with E-state index < -0.39 is 0 Å². The minimum atomic E-state index is 0.979. The highest BCUT2D eigenvalue weighted by atomic mass is 79.9. The van der Waals surface area contributed by atoms with Crippen LogP contribution in [0.5, 0.6) is 5.75 Å². The van der Waals surface area contributed by atoms with Crippen LogP contribution in [0.4, 0.5) is 0 Å². The van der Waals surface area contributed by atoms with Crippen LogP contribution in [0.15, 0.2) is 22.7 Å². The fraction of sp³-hybridized carbons (Fsp3) is 0.600. The third-order valence-electron chi connectivity index (χ3n) is 3.22. The largest absolute Gasteiger partial charge is 0.496 e. The maximum atomic E-state index is 5.40. The molecule has 0 atom stereocenters. The van der Waals surface area contributed by atoms with Crippen LogP contribution >= 0.6 is 15.9 Å². The molecule has 0 saturated heterocycles. The van der Waals surface area contributed by atoms with E-state index in [1.54, 1.807) is 7.11 Å². The average molecular weight is 329 g/mol. The molecule has 0 aliphatic heterocycles. The summed E-state index contributed by atoms with van der Waals surface area (Å²) in [6.07, 6.45) is 3.50. The van der Waals surface area contributed by atoms with Crippen LogP contribution in [0.2, 0.25) is 0 Å². The van der Waals surface area contributed by atoms with Crippen LogP contribution in [0.25, 0.3) is 0 Å². The Bertz CT molecular complexity index is 371. The van der Waals surface area contributed by atoms with Crippen LogP contribution in [0, 0.1) is 0 Å². The van der Waals surface area contributed by atoms with E-state index in [1.807, 2.05) is 19.2 Å². The zero-order valence-corrected chi connectivity index (χ0v) is 13.8. The van der Waals surface area contributed by atoms with Crippen LogP contribution in [0.1, 0.15) is 18.4 Å². The minimum Gasteiger partial charge on any atom is -0.496 e. The topological polar surface area (TPSA) is 24.5 Å². The van der Waals surface area contributed by atoms with Crippen LogP contribution in [-0.4, -0.2) is 45.7 Å². The van der Waals surface area contributed by atoms with E-state index in [0.717, 1.165) is 36.3 Å². The predicted molar refractivity (Wildman–Crippen MR) is 85.1 cm³/mol. The highest BCUT2D eigenvalue weighted by molar-refractivity contribution is 9.10. The number of nitrogens with one attached hydrogen (secondary N) is 1. The molecule has 0 aliphatic carbocycles. The molecule has 3 nitrogen and oxygen atoms in total. The van der Waals surface area contributed by atoms with Gasteiger partial charge in [-0.2, -0.15) is 0 Å². The first kappa shape index (κ1) is 16.5. The van der Waals surface area contributed by atoms with Crippen molar-refractivity contribution >= 4 is 15.9 Å². The molecule has 19 heavy (non-hydrogen) atoms. The molecule has 0 aromatic heterocycles. The number of methoxy groups -OCH3 is 1. The number of halogens is 1. The van der Waals surface area contributed by atoms with Crippen molar-refractivity contribution in [1.29, 1.82) is 0 Å². The molecule has 0 aliphatic rings. The fourth-order valence-corrected chi connectivity index (χ4v) is 2.46. The molecule has 0 saturated carbocycles. The second-order valence-electron chi connectivity index (χ2n) is 4.82. The first-order valence-electron chi connectivity index (χ1n) is 6.83. The van der Waals surface area contributed by atoms with Crippen molar-refractivity contribution in [2.75, 3.05) is 40.8 Å². The van der Waals surface area contributed by atoms with E-state index in [2.05, 4.69) is 39.3 Å². The Morgan fingerprint density at radius 3 is 2.74 bits per heavy atom. The zero-order valence-electron chi connectivity index (χ0n) is 12.2. The van der Waals surface area contributed by atoms with Gasteiger partial charge in [-0.3, -0.25) is 0 Å². The summed E-state index contributed by atoms with van der Waals surface area (Å²) in [6, 6.07) is 6.18. The highest BCUT2D eigenvalue weighted by Crippen LogP contribution is 2.23. The van der Waals surface area contributed by atoms with Gasteiger partial charge in [0, 0.05) is 11.0 Å². The van der Waals surface area contributed by atoms with Gasteiger partial charge in [0.05, 0.1) is 7.11 Å². The maximum Gasteiger partial charge on any atom is 0.122 e. The number of hydrogen-bond acceptors (Lipinski definition) is 3. The Morgan fingerprint density at radius 1 is 1.26 bits per heavy atom. The van der Waals surface area contributed by atoms with E-state index in [-0.39, 0.29) is 0 Å². The van der Waals surface area contributed by atoms with Gasteiger partial charge in [-0.15, -0.1) is 0 Å². The highest BCUT2D eigenvalue weighted by Gasteiger charge is 2.05. The number of rotatable bonds is 9. The molecule has 1 N–H and O–H groups in total. The molecular formula is C15H25BrN2O. The molecule has 0 radical (unpaired) electrons. The van der Waals surface area contributed by atoms with Gasteiger partial charge >= 0.3 is 0 Å². The van der Waals surface area contributed by atoms with Crippen LogP contribution in [-0.2, 0) is 6.42 Å². The van der Waals surface area contributed by atoms with Gasteiger partial charge in [0.15, 0.2) is 0 Å². The lowest BCUT2D eigenvalue weighted by molar-refractivity contribution is 0.326. The number of unbranched alkanes of at least 4 members (excludes halogenated alkanes) is 1. The van der Waals surface area contributed by atoms with Crippen LogP contribution < -0.4 is 10.1 Å². The normalized spacial score (nSPS) is 11.0. The van der Waals surface area contributed by atoms with E-state index in [1.165, 1.54) is 18.4 Å². The second kappa shape index (κ2) is 9.34. The third kappa shape index (κ3) is 6.41. The monoisotopic (exact) mass is 328 g/mol. The summed E-state index contributed by atoms with van der Waals surface area (Å²) >= 11 is 3.52. The van der Waals surface area contributed by atoms with E-state index in [0.29, 0.717) is 0 Å². The van der Waals surface area contributed by atoms with Gasteiger partial charge in [-0.1, -0.05) is 15.9 Å². The number of hydrogen-bond donors (Lipinski definition) is 1. The molecule has 1 aromatic rings. The molecule has 1 rings (SSSR count). The first-order chi connectivity index (χ1) is 9.17. The zero-order chi connectivity index (χ0) is 14.1. The molecule has 0 spiro atoms. The summed E-state index contributed by atoms with van der Waals surface area (Å²) in [7, 11) is 5.92. The van der Waals surface area contributed by atoms with Gasteiger partial charge in [-0.25, -0.2) is 0 Å². The molecule has 1 aromatic carbocycles. The number of benzene rings is 1. The SMILES string of the molecule is CNCCCCN(C)CCc1cc(Br)ccc1OC. The first-order valence-corrected chi connectivity index (χ1v) is 7.62. The van der Waals surface area contributed by atoms with Crippen molar-refractivity contribution in [1.82, 2.24) is 10.2 Å². The molecule has 4 heteroatoms. The molecule has 0 unspecified atom stereocenters. The Hall–Kier alpha value is -0.580. The van der Waals surface area contributed by atoms with Crippen molar-refractivity contribution in [2.24, 2.45) is 0 Å². The van der Waals surface area contributed by atoms with E-state index in [9.17, 15) is 0 Å². The quantitative estimate of drug-likeness (QED) is 0.705. The lowest BCUT2D eigenvalue weighted by Gasteiger charge is -2.17. The van der Waals surface area contributed by atoms with E-state index in [4.69, 9.17) is 4.74 Å². The fourth-order valence-electron chi connectivity index (χ4n) is 2.05. The van der Waals surface area contributed by atoms with Gasteiger partial charge < -0.3 is 15.0 Å². The Morgan fingerprint density at radius 2 is 2.05 bits per heavy atom. The van der Waals surface area contributed by atoms with Gasteiger partial charge in [0.25, 0.3) is 0 Å². The lowest BCUT2D eigenvalue weighted by Crippen LogP contribution is -2.23. The number of likely N-dealkylation sites (N-methyl/N-ethyl adjacent to an activating group) is 1. The lowest BCUT2D eigenvalue weighted by atomic mass is 10.1. The molecule has 0 fully saturated rings. The van der Waals surface area contributed by atoms with Crippen molar-refractivity contribution in [2.45, 2.75) is 19.3 Å². The standard InChI is InChI=1S/C15H25BrN2O/c1-17-9-4-5-10-18(2)11-8-13-12-14(16)6-7-15(13)19-3/h6-7,12,17H,4-5,8-11H2,1-3H3. The predicted octanol–water partition coefficient (Wildman–Crippen LogP) is 2.93. The van der Waals surface area contributed by atoms with Crippen molar-refractivity contribution in [3.05, 3.63) is 28.2 Å². The van der Waals surface area contributed by atoms with Gasteiger partial charge in [0.2, 0.25) is 0 Å². The third-order valence-corrected chi connectivity index (χ3v) is 3.72. The summed E-state index contributed by atoms with van der Waals surface area (Å²) in [5, 5.41) is 3.18. The molecule has 0 bridgehead atoms. The van der Waals surface area contributed by atoms with Gasteiger partial charge in [0.1, 0.15) is 5.75 Å². The number of nitrogens with zero attached hydrogens (tertiary/aromatic N) is 1. The van der Waals surface area contributed by atoms with Crippen molar-refractivity contribution in [3.8, 4) is 5.75 Å². The summed E-state index contributed by atoms with van der Waals surface area (Å²) in [6.45, 7) is 3.32. The molecule has 0 heterocycles. The average Bonchev–Trinajstić information content (AvgIpc) is 2.41. The molecular weight excluding hydrogens is 304 g/mol. The minimum absolute atomic E-state index is 0.979. The summed E-state index contributed by atoms with van der Waals surface area (Å²) in [5.41, 5.74) is 1.26. The Kier molecular flexibility index (Phi) is 8.10. The summed E-state index contributed by atoms with van der Waals surface area (Å²) < 4.78 is 6.51. The van der Waals surface area contributed by atoms with E-state index >= 15 is 0 Å². The molecule has 108 valence electrons. The second-order valence-corrected chi connectivity index (χ2v) is 5.74.